The van der Waals surface area contributed by atoms with Crippen LogP contribution in [0.1, 0.15) is 27.8 Å². The van der Waals surface area contributed by atoms with Crippen LogP contribution in [0.4, 0.5) is 0 Å². The highest BCUT2D eigenvalue weighted by Crippen LogP contribution is 2.42. The van der Waals surface area contributed by atoms with Gasteiger partial charge in [0, 0.05) is 33.9 Å². The molecule has 0 saturated carbocycles. The van der Waals surface area contributed by atoms with Gasteiger partial charge < -0.3 is 9.13 Å². The molecule has 0 aliphatic carbocycles. The molecule has 0 bridgehead atoms. The highest BCUT2D eigenvalue weighted by Gasteiger charge is 2.23. The van der Waals surface area contributed by atoms with Gasteiger partial charge in [-0.15, -0.1) is 0 Å². The van der Waals surface area contributed by atoms with Crippen molar-refractivity contribution in [1.82, 2.24) is 14.1 Å². The average Bonchev–Trinajstić information content (AvgIpc) is 3.73. The summed E-state index contributed by atoms with van der Waals surface area (Å²) in [6.07, 6.45) is 3.66. The molecule has 0 amide bonds. The second-order valence-electron chi connectivity index (χ2n) is 15.0. The minimum absolute atomic E-state index is 0.602. The molecule has 7 aromatic carbocycles. The molecule has 0 fully saturated rings. The number of pyridine rings is 1. The summed E-state index contributed by atoms with van der Waals surface area (Å²) in [5.41, 5.74) is 18.3. The van der Waals surface area contributed by atoms with Gasteiger partial charge >= 0.3 is 0 Å². The average molecular weight is 719 g/mol. The fourth-order valence-corrected chi connectivity index (χ4v) is 8.87. The van der Waals surface area contributed by atoms with Crippen LogP contribution in [-0.4, -0.2) is 14.1 Å². The van der Waals surface area contributed by atoms with Gasteiger partial charge in [0.15, 0.2) is 0 Å². The Kier molecular flexibility index (Phi) is 7.73. The van der Waals surface area contributed by atoms with E-state index < -0.39 is 0 Å². The Morgan fingerprint density at radius 2 is 0.893 bits per heavy atom. The molecule has 10 rings (SSSR count). The molecule has 0 spiro atoms. The number of benzene rings is 7. The van der Waals surface area contributed by atoms with Crippen molar-refractivity contribution in [2.24, 2.45) is 0 Å². The molecule has 0 unspecified atom stereocenters. The van der Waals surface area contributed by atoms with Crippen LogP contribution in [0.3, 0.4) is 0 Å². The summed E-state index contributed by atoms with van der Waals surface area (Å²) in [4.78, 5) is 4.34. The smallest absolute Gasteiger partial charge is 0.104 e. The number of hydrogen-bond acceptors (Lipinski definition) is 2. The summed E-state index contributed by atoms with van der Waals surface area (Å²) in [6, 6.07) is 55.0. The van der Waals surface area contributed by atoms with E-state index in [9.17, 15) is 5.26 Å². The Hall–Kier alpha value is -7.22. The quantitative estimate of drug-likeness (QED) is 0.178. The maximum absolute atomic E-state index is 11.4. The number of nitriles is 1. The van der Waals surface area contributed by atoms with E-state index in [2.05, 4.69) is 181 Å². The third kappa shape index (κ3) is 5.24. The van der Waals surface area contributed by atoms with Crippen molar-refractivity contribution in [2.45, 2.75) is 27.7 Å². The first-order chi connectivity index (χ1) is 27.4. The number of fused-ring (bicyclic) bond motifs is 6. The van der Waals surface area contributed by atoms with Gasteiger partial charge in [0.25, 0.3) is 0 Å². The summed E-state index contributed by atoms with van der Waals surface area (Å²) < 4.78 is 4.57. The van der Waals surface area contributed by atoms with Crippen molar-refractivity contribution in [3.63, 3.8) is 0 Å². The lowest BCUT2D eigenvalue weighted by Crippen LogP contribution is -2.05. The molecule has 0 N–H and O–H groups in total. The van der Waals surface area contributed by atoms with Gasteiger partial charge in [-0.2, -0.15) is 5.26 Å². The summed E-state index contributed by atoms with van der Waals surface area (Å²) in [6.45, 7) is 8.63. The molecule has 0 saturated heterocycles. The molecule has 0 radical (unpaired) electrons. The molecular weight excluding hydrogens is 681 g/mol. The lowest BCUT2D eigenvalue weighted by atomic mass is 9.97. The molecule has 0 aliphatic rings. The highest BCUT2D eigenvalue weighted by atomic mass is 15.0. The first-order valence-corrected chi connectivity index (χ1v) is 19.1. The lowest BCUT2D eigenvalue weighted by molar-refractivity contribution is 1.12. The minimum Gasteiger partial charge on any atom is -0.308 e. The molecule has 0 aliphatic heterocycles. The van der Waals surface area contributed by atoms with Crippen LogP contribution in [0.5, 0.6) is 0 Å². The Labute approximate surface area is 326 Å². The van der Waals surface area contributed by atoms with Gasteiger partial charge in [-0.1, -0.05) is 96.1 Å². The van der Waals surface area contributed by atoms with Gasteiger partial charge in [0.05, 0.1) is 33.4 Å². The van der Waals surface area contributed by atoms with Gasteiger partial charge in [-0.25, -0.2) is 0 Å². The van der Waals surface area contributed by atoms with Crippen LogP contribution in [0, 0.1) is 39.0 Å². The Morgan fingerprint density at radius 1 is 0.429 bits per heavy atom. The molecule has 56 heavy (non-hydrogen) atoms. The maximum Gasteiger partial charge on any atom is 0.104 e. The Bertz CT molecular complexity index is 3050. The van der Waals surface area contributed by atoms with Crippen molar-refractivity contribution in [2.75, 3.05) is 0 Å². The third-order valence-electron chi connectivity index (χ3n) is 11.4. The summed E-state index contributed by atoms with van der Waals surface area (Å²) in [7, 11) is 0. The number of nitrogens with zero attached hydrogens (tertiary/aromatic N) is 4. The summed E-state index contributed by atoms with van der Waals surface area (Å²) in [5, 5.41) is 15.9. The zero-order chi connectivity index (χ0) is 38.1. The van der Waals surface area contributed by atoms with Gasteiger partial charge in [-0.3, -0.25) is 4.98 Å². The molecule has 3 heterocycles. The number of aryl methyl sites for hydroxylation is 4. The SMILES string of the molecule is Cc1ccc(-c2ccc3c(c2)c2ccccc2n3-c2cc(-c3ccncc3)cc(-n3c4ccccc4c4cc(-c5ccc(C)cc5C)ccc43)c2C#N)c(C)c1. The zero-order valence-corrected chi connectivity index (χ0v) is 31.8. The van der Waals surface area contributed by atoms with Crippen molar-refractivity contribution in [3.05, 3.63) is 186 Å². The minimum atomic E-state index is 0.602. The predicted molar refractivity (Wildman–Crippen MR) is 233 cm³/mol. The van der Waals surface area contributed by atoms with E-state index in [0.717, 1.165) is 66.1 Å². The predicted octanol–water partition coefficient (Wildman–Crippen LogP) is 13.4. The number of hydrogen-bond donors (Lipinski definition) is 0. The molecule has 266 valence electrons. The van der Waals surface area contributed by atoms with Gasteiger partial charge in [-0.05, 0) is 133 Å². The van der Waals surface area contributed by atoms with Crippen LogP contribution >= 0.6 is 0 Å². The highest BCUT2D eigenvalue weighted by molar-refractivity contribution is 6.12. The zero-order valence-electron chi connectivity index (χ0n) is 31.8. The number of aromatic nitrogens is 3. The van der Waals surface area contributed by atoms with E-state index in [0.29, 0.717) is 5.56 Å². The van der Waals surface area contributed by atoms with Crippen molar-refractivity contribution in [1.29, 1.82) is 5.26 Å². The maximum atomic E-state index is 11.4. The largest absolute Gasteiger partial charge is 0.308 e. The van der Waals surface area contributed by atoms with Crippen LogP contribution in [0.2, 0.25) is 0 Å². The Morgan fingerprint density at radius 3 is 1.36 bits per heavy atom. The lowest BCUT2D eigenvalue weighted by Gasteiger charge is -2.18. The number of para-hydroxylation sites is 2. The van der Waals surface area contributed by atoms with Crippen molar-refractivity contribution in [3.8, 4) is 50.8 Å². The third-order valence-corrected chi connectivity index (χ3v) is 11.4. The first kappa shape index (κ1) is 33.4. The normalized spacial score (nSPS) is 11.6. The number of rotatable bonds is 5. The summed E-state index contributed by atoms with van der Waals surface area (Å²) >= 11 is 0. The van der Waals surface area contributed by atoms with Crippen LogP contribution in [-0.2, 0) is 0 Å². The van der Waals surface area contributed by atoms with Crippen LogP contribution in [0.25, 0.3) is 88.4 Å². The molecule has 4 nitrogen and oxygen atoms in total. The topological polar surface area (TPSA) is 46.5 Å². The summed E-state index contributed by atoms with van der Waals surface area (Å²) in [5.74, 6) is 0. The van der Waals surface area contributed by atoms with Crippen LogP contribution < -0.4 is 0 Å². The van der Waals surface area contributed by atoms with E-state index in [1.54, 1.807) is 0 Å². The molecule has 0 atom stereocenters. The van der Waals surface area contributed by atoms with Crippen molar-refractivity contribution < 1.29 is 0 Å². The van der Waals surface area contributed by atoms with Gasteiger partial charge in [0.1, 0.15) is 11.6 Å². The van der Waals surface area contributed by atoms with E-state index in [1.165, 1.54) is 44.5 Å². The van der Waals surface area contributed by atoms with E-state index >= 15 is 0 Å². The van der Waals surface area contributed by atoms with E-state index in [1.807, 2.05) is 24.5 Å². The molecule has 4 heteroatoms. The standard InChI is InChI=1S/C52H38N4/c1-32-13-17-40(34(3)25-32)37-15-19-49-44(27-37)42-9-5-7-11-47(42)55(49)51-29-39(36-21-23-54-24-22-36)30-52(46(51)31-53)56-48-12-8-6-10-43(48)45-28-38(16-20-50(45)56)41-18-14-33(2)26-35(41)4/h5-30H,1-4H3. The first-order valence-electron chi connectivity index (χ1n) is 19.1. The van der Waals surface area contributed by atoms with Crippen molar-refractivity contribution >= 4 is 43.6 Å². The second kappa shape index (κ2) is 13.0. The van der Waals surface area contributed by atoms with E-state index in [-0.39, 0.29) is 0 Å². The monoisotopic (exact) mass is 718 g/mol. The van der Waals surface area contributed by atoms with E-state index in [4.69, 9.17) is 0 Å². The Balaban J connectivity index is 1.28. The van der Waals surface area contributed by atoms with Gasteiger partial charge in [0.2, 0.25) is 0 Å². The fourth-order valence-electron chi connectivity index (χ4n) is 8.87. The molecule has 10 aromatic rings. The molecular formula is C52H38N4. The molecule has 3 aromatic heterocycles. The second-order valence-corrected chi connectivity index (χ2v) is 15.0. The van der Waals surface area contributed by atoms with Crippen LogP contribution in [0.15, 0.2) is 158 Å². The fraction of sp³-hybridized carbons (Fsp3) is 0.0769.